The highest BCUT2D eigenvalue weighted by Gasteiger charge is 2.39. The molecule has 34 heavy (non-hydrogen) atoms. The van der Waals surface area contributed by atoms with Crippen molar-refractivity contribution < 1.29 is 37.1 Å². The zero-order valence-electron chi connectivity index (χ0n) is 17.8. The molecule has 4 rings (SSSR count). The van der Waals surface area contributed by atoms with Gasteiger partial charge in [0.15, 0.2) is 5.69 Å². The zero-order valence-corrected chi connectivity index (χ0v) is 18.6. The second-order valence-electron chi connectivity index (χ2n) is 7.82. The summed E-state index contributed by atoms with van der Waals surface area (Å²) in [5.41, 5.74) is 0.591. The zero-order chi connectivity index (χ0) is 24.6. The van der Waals surface area contributed by atoms with E-state index in [1.54, 1.807) is 18.2 Å². The molecule has 9 nitrogen and oxygen atoms in total. The third-order valence-electron chi connectivity index (χ3n) is 5.44. The monoisotopic (exact) mass is 496 g/mol. The van der Waals surface area contributed by atoms with Crippen LogP contribution in [0.5, 0.6) is 0 Å². The molecule has 2 aliphatic heterocycles. The van der Waals surface area contributed by atoms with Gasteiger partial charge in [-0.1, -0.05) is 12.1 Å². The van der Waals surface area contributed by atoms with Gasteiger partial charge in [0.25, 0.3) is 5.91 Å². The van der Waals surface area contributed by atoms with Crippen LogP contribution in [-0.2, 0) is 40.2 Å². The Balaban J connectivity index is 1.34. The molecule has 4 amide bonds. The predicted molar refractivity (Wildman–Crippen MR) is 111 cm³/mol. The van der Waals surface area contributed by atoms with Crippen molar-refractivity contribution >= 4 is 35.2 Å². The number of halogens is 3. The minimum absolute atomic E-state index is 0.0222. The Morgan fingerprint density at radius 3 is 2.79 bits per heavy atom. The summed E-state index contributed by atoms with van der Waals surface area (Å²) in [4.78, 5) is 53.0. The first-order valence-electron chi connectivity index (χ1n) is 10.2. The lowest BCUT2D eigenvalue weighted by Crippen LogP contribution is -2.52. The summed E-state index contributed by atoms with van der Waals surface area (Å²) in [7, 11) is 0. The second-order valence-corrected chi connectivity index (χ2v) is 9.11. The molecule has 1 saturated heterocycles. The Kier molecular flexibility index (Phi) is 6.30. The molecule has 2 aromatic rings. The maximum atomic E-state index is 13.0. The molecule has 1 aromatic heterocycles. The van der Waals surface area contributed by atoms with E-state index >= 15 is 0 Å². The normalized spacial score (nSPS) is 18.1. The third-order valence-corrected chi connectivity index (χ3v) is 6.38. The van der Waals surface area contributed by atoms with E-state index in [9.17, 15) is 32.3 Å². The van der Waals surface area contributed by atoms with Gasteiger partial charge in [-0.25, -0.2) is 9.78 Å². The fourth-order valence-corrected chi connectivity index (χ4v) is 4.73. The van der Waals surface area contributed by atoms with Crippen molar-refractivity contribution in [2.45, 2.75) is 51.7 Å². The highest BCUT2D eigenvalue weighted by atomic mass is 32.1. The highest BCUT2D eigenvalue weighted by Crippen LogP contribution is 2.34. The van der Waals surface area contributed by atoms with Crippen LogP contribution in [0.2, 0.25) is 0 Å². The second kappa shape index (κ2) is 9.05. The predicted octanol–water partition coefficient (Wildman–Crippen LogP) is 2.66. The number of nitrogens with one attached hydrogen (secondary N) is 2. The number of aryl methyl sites for hydroxylation is 1. The van der Waals surface area contributed by atoms with E-state index in [1.165, 1.54) is 11.8 Å². The van der Waals surface area contributed by atoms with Gasteiger partial charge in [0.1, 0.15) is 12.6 Å². The number of carbonyl (C=O) groups excluding carboxylic acids is 4. The molecule has 0 radical (unpaired) electrons. The number of piperidine rings is 1. The lowest BCUT2D eigenvalue weighted by Gasteiger charge is -2.29. The number of carbonyl (C=O) groups is 4. The molecule has 2 N–H and O–H groups in total. The number of ether oxygens (including phenoxy) is 1. The Morgan fingerprint density at radius 1 is 1.32 bits per heavy atom. The van der Waals surface area contributed by atoms with Crippen molar-refractivity contribution in [2.24, 2.45) is 0 Å². The van der Waals surface area contributed by atoms with Crippen LogP contribution in [0.3, 0.4) is 0 Å². The number of amides is 4. The highest BCUT2D eigenvalue weighted by molar-refractivity contribution is 7.11. The Morgan fingerprint density at radius 2 is 2.09 bits per heavy atom. The maximum absolute atomic E-state index is 13.0. The number of fused-ring (bicyclic) bond motifs is 1. The standard InChI is InChI=1S/C21H19F3N4O5S/c1-10-26-17(21(22,23)24)15(34-10)9-33-20(32)25-7-11-2-3-12-8-28(19(31)13(12)6-11)14-4-5-16(29)27-18(14)30/h2-3,6,14H,4-5,7-9H2,1H3,(H,25,32)(H,27,29,30). The largest absolute Gasteiger partial charge is 0.444 e. The molecule has 3 heterocycles. The first-order valence-corrected chi connectivity index (χ1v) is 11.0. The van der Waals surface area contributed by atoms with Crippen molar-refractivity contribution in [1.82, 2.24) is 20.5 Å². The Labute approximate surface area is 195 Å². The van der Waals surface area contributed by atoms with Gasteiger partial charge >= 0.3 is 12.3 Å². The first kappa shape index (κ1) is 23.7. The minimum atomic E-state index is -4.64. The molecule has 0 bridgehead atoms. The number of alkyl halides is 3. The Hall–Kier alpha value is -3.48. The lowest BCUT2D eigenvalue weighted by atomic mass is 10.0. The van der Waals surface area contributed by atoms with Crippen LogP contribution in [0.4, 0.5) is 18.0 Å². The van der Waals surface area contributed by atoms with Crippen LogP contribution >= 0.6 is 11.3 Å². The summed E-state index contributed by atoms with van der Waals surface area (Å²) in [5, 5.41) is 4.89. The minimum Gasteiger partial charge on any atom is -0.444 e. The molecule has 0 saturated carbocycles. The van der Waals surface area contributed by atoms with Crippen molar-refractivity contribution in [3.63, 3.8) is 0 Å². The van der Waals surface area contributed by atoms with Crippen LogP contribution in [0, 0.1) is 6.92 Å². The van der Waals surface area contributed by atoms with Crippen molar-refractivity contribution in [1.29, 1.82) is 0 Å². The van der Waals surface area contributed by atoms with Crippen LogP contribution in [0.15, 0.2) is 18.2 Å². The number of hydrogen-bond donors (Lipinski definition) is 2. The van der Waals surface area contributed by atoms with Crippen molar-refractivity contribution in [2.75, 3.05) is 0 Å². The van der Waals surface area contributed by atoms with Gasteiger partial charge in [-0.2, -0.15) is 13.2 Å². The third kappa shape index (κ3) is 4.88. The molecule has 1 atom stereocenters. The Bertz CT molecular complexity index is 1180. The number of nitrogens with zero attached hydrogens (tertiary/aromatic N) is 2. The van der Waals surface area contributed by atoms with Gasteiger partial charge in [0.05, 0.1) is 9.88 Å². The molecule has 1 fully saturated rings. The summed E-state index contributed by atoms with van der Waals surface area (Å²) in [6.45, 7) is 1.06. The van der Waals surface area contributed by atoms with Gasteiger partial charge in [-0.05, 0) is 30.5 Å². The number of imide groups is 1. The number of aromatic nitrogens is 1. The van der Waals surface area contributed by atoms with Gasteiger partial charge < -0.3 is 15.0 Å². The molecular formula is C21H19F3N4O5S. The average molecular weight is 496 g/mol. The van der Waals surface area contributed by atoms with Crippen LogP contribution in [-0.4, -0.2) is 39.7 Å². The number of thiazole rings is 1. The SMILES string of the molecule is Cc1nc(C(F)(F)F)c(COC(=O)NCc2ccc3c(c2)C(=O)N(C2CCC(=O)NC2=O)C3)s1. The number of rotatable bonds is 5. The quantitative estimate of drug-likeness (QED) is 0.615. The van der Waals surface area contributed by atoms with E-state index in [2.05, 4.69) is 15.6 Å². The van der Waals surface area contributed by atoms with E-state index < -0.39 is 36.5 Å². The summed E-state index contributed by atoms with van der Waals surface area (Å²) < 4.78 is 43.9. The number of benzene rings is 1. The fraction of sp³-hybridized carbons (Fsp3) is 0.381. The van der Waals surface area contributed by atoms with Crippen LogP contribution in [0.25, 0.3) is 0 Å². The van der Waals surface area contributed by atoms with E-state index in [0.29, 0.717) is 16.7 Å². The summed E-state index contributed by atoms with van der Waals surface area (Å²) >= 11 is 0.798. The molecular weight excluding hydrogens is 477 g/mol. The molecule has 1 unspecified atom stereocenters. The smallest absolute Gasteiger partial charge is 0.434 e. The van der Waals surface area contributed by atoms with Gasteiger partial charge in [0, 0.05) is 25.1 Å². The topological polar surface area (TPSA) is 118 Å². The lowest BCUT2D eigenvalue weighted by molar-refractivity contribution is -0.142. The molecule has 2 aliphatic rings. The summed E-state index contributed by atoms with van der Waals surface area (Å²) in [6.07, 6.45) is -5.16. The van der Waals surface area contributed by atoms with Gasteiger partial charge in [-0.3, -0.25) is 19.7 Å². The van der Waals surface area contributed by atoms with E-state index in [1.807, 2.05) is 0 Å². The first-order chi connectivity index (χ1) is 16.0. The van der Waals surface area contributed by atoms with Crippen molar-refractivity contribution in [3.05, 3.63) is 50.5 Å². The molecule has 0 spiro atoms. The van der Waals surface area contributed by atoms with Gasteiger partial charge in [-0.15, -0.1) is 11.3 Å². The van der Waals surface area contributed by atoms with Crippen LogP contribution in [0.1, 0.15) is 49.9 Å². The maximum Gasteiger partial charge on any atom is 0.434 e. The summed E-state index contributed by atoms with van der Waals surface area (Å²) in [6, 6.07) is 4.25. The van der Waals surface area contributed by atoms with Crippen LogP contribution < -0.4 is 10.6 Å². The molecule has 0 aliphatic carbocycles. The number of hydrogen-bond acceptors (Lipinski definition) is 7. The molecule has 1 aromatic carbocycles. The van der Waals surface area contributed by atoms with E-state index in [0.717, 1.165) is 11.3 Å². The van der Waals surface area contributed by atoms with E-state index in [-0.39, 0.29) is 47.6 Å². The molecule has 13 heteroatoms. The van der Waals surface area contributed by atoms with Crippen molar-refractivity contribution in [3.8, 4) is 0 Å². The molecule has 180 valence electrons. The fourth-order valence-electron chi connectivity index (χ4n) is 3.86. The number of alkyl carbamates (subject to hydrolysis) is 1. The van der Waals surface area contributed by atoms with Gasteiger partial charge in [0.2, 0.25) is 11.8 Å². The average Bonchev–Trinajstić information content (AvgIpc) is 3.30. The van der Waals surface area contributed by atoms with E-state index in [4.69, 9.17) is 4.74 Å². The summed E-state index contributed by atoms with van der Waals surface area (Å²) in [5.74, 6) is -1.23.